The van der Waals surface area contributed by atoms with E-state index in [1.807, 2.05) is 12.1 Å². The minimum absolute atomic E-state index is 0.0938. The fraction of sp³-hybridized carbons (Fsp3) is 0.0789. The van der Waals surface area contributed by atoms with Crippen LogP contribution in [0.25, 0.3) is 43.4 Å². The van der Waals surface area contributed by atoms with Gasteiger partial charge in [0.15, 0.2) is 0 Å². The maximum absolute atomic E-state index is 9.29. The molecule has 0 saturated carbocycles. The molecule has 0 aromatic heterocycles. The zero-order valence-electron chi connectivity index (χ0n) is 22.4. The minimum Gasteiger partial charge on any atom is -0.309 e. The van der Waals surface area contributed by atoms with Gasteiger partial charge in [0.25, 0.3) is 0 Å². The Morgan fingerprint density at radius 1 is 0.550 bits per heavy atom. The monoisotopic (exact) mass is 510 g/mol. The Hall–Kier alpha value is -5.13. The van der Waals surface area contributed by atoms with E-state index in [4.69, 9.17) is 0 Å². The van der Waals surface area contributed by atoms with E-state index >= 15 is 0 Å². The number of fused-ring (bicyclic) bond motifs is 2. The second kappa shape index (κ2) is 8.18. The molecule has 0 aliphatic carbocycles. The van der Waals surface area contributed by atoms with Gasteiger partial charge in [-0.2, -0.15) is 5.26 Å². The highest BCUT2D eigenvalue weighted by atomic mass is 15.2. The van der Waals surface area contributed by atoms with Crippen molar-refractivity contribution in [2.45, 2.75) is 19.3 Å². The molecule has 0 saturated heterocycles. The van der Waals surface area contributed by atoms with Crippen LogP contribution in [0.15, 0.2) is 121 Å². The molecule has 8 rings (SSSR count). The van der Waals surface area contributed by atoms with Gasteiger partial charge in [-0.05, 0) is 79.5 Å². The molecule has 1 aliphatic heterocycles. The summed E-state index contributed by atoms with van der Waals surface area (Å²) in [7, 11) is 0. The Morgan fingerprint density at radius 3 is 1.75 bits per heavy atom. The van der Waals surface area contributed by atoms with Crippen LogP contribution in [0.3, 0.4) is 0 Å². The summed E-state index contributed by atoms with van der Waals surface area (Å²) in [6, 6.07) is 45.9. The van der Waals surface area contributed by atoms with E-state index in [0.29, 0.717) is 5.56 Å². The Balaban J connectivity index is 1.44. The fourth-order valence-electron chi connectivity index (χ4n) is 6.89. The molecule has 2 heteroatoms. The molecule has 0 atom stereocenters. The first kappa shape index (κ1) is 22.8. The van der Waals surface area contributed by atoms with Gasteiger partial charge in [-0.15, -0.1) is 0 Å². The molecular weight excluding hydrogens is 484 g/mol. The van der Waals surface area contributed by atoms with Gasteiger partial charge in [-0.25, -0.2) is 0 Å². The molecule has 1 heterocycles. The van der Waals surface area contributed by atoms with E-state index in [1.165, 1.54) is 66.1 Å². The largest absolute Gasteiger partial charge is 0.309 e. The van der Waals surface area contributed by atoms with Crippen molar-refractivity contribution in [1.82, 2.24) is 0 Å². The molecule has 7 aromatic carbocycles. The van der Waals surface area contributed by atoms with Crippen LogP contribution in [0.5, 0.6) is 0 Å². The van der Waals surface area contributed by atoms with Crippen LogP contribution < -0.4 is 4.90 Å². The highest BCUT2D eigenvalue weighted by Gasteiger charge is 2.36. The van der Waals surface area contributed by atoms with Gasteiger partial charge in [0, 0.05) is 10.8 Å². The van der Waals surface area contributed by atoms with Gasteiger partial charge in [0.1, 0.15) is 0 Å². The van der Waals surface area contributed by atoms with Crippen molar-refractivity contribution in [2.24, 2.45) is 0 Å². The zero-order chi connectivity index (χ0) is 27.0. The Kier molecular flexibility index (Phi) is 4.67. The maximum Gasteiger partial charge on any atom is 0.0991 e. The zero-order valence-corrected chi connectivity index (χ0v) is 22.4. The molecule has 0 radical (unpaired) electrons. The molecule has 0 unspecified atom stereocenters. The summed E-state index contributed by atoms with van der Waals surface area (Å²) in [6.45, 7) is 4.66. The van der Waals surface area contributed by atoms with E-state index in [2.05, 4.69) is 134 Å². The summed E-state index contributed by atoms with van der Waals surface area (Å²) < 4.78 is 0. The number of rotatable bonds is 2. The average Bonchev–Trinajstić information content (AvgIpc) is 3.00. The Labute approximate surface area is 233 Å². The average molecular weight is 511 g/mol. The van der Waals surface area contributed by atoms with Gasteiger partial charge in [0.05, 0.1) is 28.7 Å². The predicted octanol–water partition coefficient (Wildman–Crippen LogP) is 10.2. The molecule has 0 N–H and O–H groups in total. The second-order valence-corrected chi connectivity index (χ2v) is 11.3. The maximum atomic E-state index is 9.29. The van der Waals surface area contributed by atoms with Gasteiger partial charge in [0.2, 0.25) is 0 Å². The SMILES string of the molecule is CC1(C)c2ccccc2N(c2ccc3ccc4c(-c5ccc(C#N)cc5)ccc5ccc2c3c54)c2ccccc21. The number of benzene rings is 7. The van der Waals surface area contributed by atoms with Crippen LogP contribution in [0.2, 0.25) is 0 Å². The van der Waals surface area contributed by atoms with Gasteiger partial charge < -0.3 is 4.90 Å². The van der Waals surface area contributed by atoms with Crippen LogP contribution in [0.1, 0.15) is 30.5 Å². The third kappa shape index (κ3) is 3.04. The summed E-state index contributed by atoms with van der Waals surface area (Å²) in [6.07, 6.45) is 0. The Morgan fingerprint density at radius 2 is 1.10 bits per heavy atom. The van der Waals surface area contributed by atoms with E-state index in [9.17, 15) is 5.26 Å². The van der Waals surface area contributed by atoms with Crippen molar-refractivity contribution in [2.75, 3.05) is 4.90 Å². The van der Waals surface area contributed by atoms with Crippen LogP contribution in [-0.4, -0.2) is 0 Å². The summed E-state index contributed by atoms with van der Waals surface area (Å²) >= 11 is 0. The third-order valence-electron chi connectivity index (χ3n) is 8.84. The van der Waals surface area contributed by atoms with Crippen molar-refractivity contribution < 1.29 is 0 Å². The van der Waals surface area contributed by atoms with Crippen LogP contribution in [0, 0.1) is 11.3 Å². The molecule has 7 aromatic rings. The number of anilines is 3. The van der Waals surface area contributed by atoms with Crippen LogP contribution >= 0.6 is 0 Å². The van der Waals surface area contributed by atoms with Crippen molar-refractivity contribution in [3.63, 3.8) is 0 Å². The number of nitriles is 1. The highest BCUT2D eigenvalue weighted by Crippen LogP contribution is 2.53. The van der Waals surface area contributed by atoms with Crippen LogP contribution in [0.4, 0.5) is 17.1 Å². The lowest BCUT2D eigenvalue weighted by Gasteiger charge is -2.42. The van der Waals surface area contributed by atoms with Gasteiger partial charge in [-0.3, -0.25) is 0 Å². The number of para-hydroxylation sites is 2. The van der Waals surface area contributed by atoms with E-state index in [1.54, 1.807) is 0 Å². The molecule has 40 heavy (non-hydrogen) atoms. The third-order valence-corrected chi connectivity index (χ3v) is 8.84. The van der Waals surface area contributed by atoms with E-state index < -0.39 is 0 Å². The fourth-order valence-corrected chi connectivity index (χ4v) is 6.89. The standard InChI is InChI=1S/C38H26N2/c1-38(2)31-7-3-5-9-34(31)40(35-10-6-4-8-32(35)38)33-22-18-27-16-20-29-28(25-13-11-24(23-39)12-14-25)19-15-26-17-21-30(33)37(27)36(26)29/h3-22H,1-2H3. The van der Waals surface area contributed by atoms with E-state index in [0.717, 1.165) is 5.56 Å². The lowest BCUT2D eigenvalue weighted by Crippen LogP contribution is -2.30. The highest BCUT2D eigenvalue weighted by molar-refractivity contribution is 6.28. The van der Waals surface area contributed by atoms with E-state index in [-0.39, 0.29) is 5.41 Å². The molecule has 0 fully saturated rings. The smallest absolute Gasteiger partial charge is 0.0991 e. The lowest BCUT2D eigenvalue weighted by atomic mass is 9.73. The minimum atomic E-state index is -0.0938. The normalized spacial score (nSPS) is 13.9. The topological polar surface area (TPSA) is 27.0 Å². The molecule has 2 nitrogen and oxygen atoms in total. The lowest BCUT2D eigenvalue weighted by molar-refractivity contribution is 0.632. The first-order valence-electron chi connectivity index (χ1n) is 13.8. The molecule has 188 valence electrons. The molecule has 0 bridgehead atoms. The number of nitrogens with zero attached hydrogens (tertiary/aromatic N) is 2. The summed E-state index contributed by atoms with van der Waals surface area (Å²) in [4.78, 5) is 2.46. The molecule has 1 aliphatic rings. The first-order chi connectivity index (χ1) is 19.6. The van der Waals surface area contributed by atoms with Gasteiger partial charge >= 0.3 is 0 Å². The first-order valence-corrected chi connectivity index (χ1v) is 13.8. The number of hydrogen-bond acceptors (Lipinski definition) is 2. The van der Waals surface area contributed by atoms with Crippen molar-refractivity contribution in [1.29, 1.82) is 5.26 Å². The van der Waals surface area contributed by atoms with Gasteiger partial charge in [-0.1, -0.05) is 105 Å². The Bertz CT molecular complexity index is 2100. The molecular formula is C38H26N2. The van der Waals surface area contributed by atoms with Crippen LogP contribution in [-0.2, 0) is 5.41 Å². The van der Waals surface area contributed by atoms with Crippen molar-refractivity contribution in [3.8, 4) is 17.2 Å². The summed E-state index contributed by atoms with van der Waals surface area (Å²) in [5.74, 6) is 0. The van der Waals surface area contributed by atoms with Crippen molar-refractivity contribution >= 4 is 49.4 Å². The van der Waals surface area contributed by atoms with Crippen molar-refractivity contribution in [3.05, 3.63) is 138 Å². The molecule has 0 spiro atoms. The molecule has 0 amide bonds. The number of hydrogen-bond donors (Lipinski definition) is 0. The second-order valence-electron chi connectivity index (χ2n) is 11.3. The predicted molar refractivity (Wildman–Crippen MR) is 167 cm³/mol. The summed E-state index contributed by atoms with van der Waals surface area (Å²) in [5.41, 5.74) is 9.23. The quantitative estimate of drug-likeness (QED) is 0.216. The summed E-state index contributed by atoms with van der Waals surface area (Å²) in [5, 5.41) is 16.8.